The molecule has 0 radical (unpaired) electrons. The van der Waals surface area contributed by atoms with Gasteiger partial charge in [0.25, 0.3) is 10.2 Å². The summed E-state index contributed by atoms with van der Waals surface area (Å²) in [6.07, 6.45) is 3.86. The number of piperidine rings is 2. The summed E-state index contributed by atoms with van der Waals surface area (Å²) in [5, 5.41) is 0. The largest absolute Gasteiger partial charge is 0.299 e. The van der Waals surface area contributed by atoms with Crippen molar-refractivity contribution in [2.45, 2.75) is 52.1 Å². The first kappa shape index (κ1) is 18.8. The molecule has 0 aliphatic carbocycles. The van der Waals surface area contributed by atoms with Crippen LogP contribution in [-0.4, -0.2) is 49.8 Å². The first-order valence-corrected chi connectivity index (χ1v) is 10.9. The maximum absolute atomic E-state index is 12.6. The zero-order valence-electron chi connectivity index (χ0n) is 15.4. The summed E-state index contributed by atoms with van der Waals surface area (Å²) in [6, 6.07) is 8.68. The summed E-state index contributed by atoms with van der Waals surface area (Å²) >= 11 is 0. The lowest BCUT2D eigenvalue weighted by atomic mass is 10.0. The zero-order valence-corrected chi connectivity index (χ0v) is 16.3. The number of nitrogens with one attached hydrogen (secondary N) is 1. The normalized spacial score (nSPS) is 24.5. The molecule has 2 aliphatic heterocycles. The monoisotopic (exact) mass is 365 g/mol. The predicted molar refractivity (Wildman–Crippen MR) is 102 cm³/mol. The Bertz CT molecular complexity index is 669. The molecule has 0 amide bonds. The molecule has 6 heteroatoms. The van der Waals surface area contributed by atoms with Crippen LogP contribution >= 0.6 is 0 Å². The SMILES string of the molecule is Cc1cccc(CN2CCC(NS(=O)(=O)N3CCCC(C)C3)CC2)c1. The fourth-order valence-electron chi connectivity index (χ4n) is 3.93. The molecule has 1 aromatic carbocycles. The van der Waals surface area contributed by atoms with Gasteiger partial charge in [0.1, 0.15) is 0 Å². The Morgan fingerprint density at radius 1 is 1.16 bits per heavy atom. The first-order chi connectivity index (χ1) is 11.9. The van der Waals surface area contributed by atoms with Crippen LogP contribution < -0.4 is 4.72 Å². The lowest BCUT2D eigenvalue weighted by Crippen LogP contribution is -2.51. The Morgan fingerprint density at radius 2 is 1.92 bits per heavy atom. The van der Waals surface area contributed by atoms with E-state index in [0.29, 0.717) is 19.0 Å². The third-order valence-electron chi connectivity index (χ3n) is 5.35. The summed E-state index contributed by atoms with van der Waals surface area (Å²) in [5.41, 5.74) is 2.62. The van der Waals surface area contributed by atoms with Crippen LogP contribution in [-0.2, 0) is 16.8 Å². The van der Waals surface area contributed by atoms with Gasteiger partial charge in [-0.2, -0.15) is 17.4 Å². The molecule has 0 saturated carbocycles. The third kappa shape index (κ3) is 5.26. The summed E-state index contributed by atoms with van der Waals surface area (Å²) in [6.45, 7) is 8.39. The highest BCUT2D eigenvalue weighted by atomic mass is 32.2. The number of aryl methyl sites for hydroxylation is 1. The van der Waals surface area contributed by atoms with E-state index < -0.39 is 10.2 Å². The van der Waals surface area contributed by atoms with E-state index in [2.05, 4.69) is 47.7 Å². The number of benzene rings is 1. The molecule has 1 N–H and O–H groups in total. The van der Waals surface area contributed by atoms with Crippen LogP contribution in [0.2, 0.25) is 0 Å². The maximum Gasteiger partial charge on any atom is 0.279 e. The van der Waals surface area contributed by atoms with E-state index >= 15 is 0 Å². The summed E-state index contributed by atoms with van der Waals surface area (Å²) in [4.78, 5) is 2.42. The minimum atomic E-state index is -3.33. The number of nitrogens with zero attached hydrogens (tertiary/aromatic N) is 2. The second-order valence-electron chi connectivity index (χ2n) is 7.77. The van der Waals surface area contributed by atoms with Gasteiger partial charge < -0.3 is 0 Å². The van der Waals surface area contributed by atoms with Crippen LogP contribution in [0.15, 0.2) is 24.3 Å². The summed E-state index contributed by atoms with van der Waals surface area (Å²) in [5.74, 6) is 0.460. The first-order valence-electron chi connectivity index (χ1n) is 9.48. The zero-order chi connectivity index (χ0) is 17.9. The Balaban J connectivity index is 1.49. The number of likely N-dealkylation sites (tertiary alicyclic amines) is 1. The van der Waals surface area contributed by atoms with Crippen LogP contribution in [0, 0.1) is 12.8 Å². The summed E-state index contributed by atoms with van der Waals surface area (Å²) in [7, 11) is -3.33. The second kappa shape index (κ2) is 8.16. The average molecular weight is 366 g/mol. The molecule has 5 nitrogen and oxygen atoms in total. The Kier molecular flexibility index (Phi) is 6.15. The van der Waals surface area contributed by atoms with Gasteiger partial charge in [0.2, 0.25) is 0 Å². The maximum atomic E-state index is 12.6. The number of rotatable bonds is 5. The van der Waals surface area contributed by atoms with Crippen molar-refractivity contribution < 1.29 is 8.42 Å². The van der Waals surface area contributed by atoms with Gasteiger partial charge in [-0.1, -0.05) is 36.8 Å². The van der Waals surface area contributed by atoms with Crippen molar-refractivity contribution in [2.75, 3.05) is 26.2 Å². The van der Waals surface area contributed by atoms with E-state index in [1.807, 2.05) is 0 Å². The highest BCUT2D eigenvalue weighted by Gasteiger charge is 2.30. The van der Waals surface area contributed by atoms with Crippen LogP contribution in [0.3, 0.4) is 0 Å². The van der Waals surface area contributed by atoms with E-state index in [1.54, 1.807) is 4.31 Å². The van der Waals surface area contributed by atoms with Gasteiger partial charge in [0.15, 0.2) is 0 Å². The van der Waals surface area contributed by atoms with Gasteiger partial charge in [-0.15, -0.1) is 0 Å². The van der Waals surface area contributed by atoms with E-state index in [9.17, 15) is 8.42 Å². The quantitative estimate of drug-likeness (QED) is 0.872. The van der Waals surface area contributed by atoms with Gasteiger partial charge in [-0.05, 0) is 44.1 Å². The van der Waals surface area contributed by atoms with Crippen LogP contribution in [0.4, 0.5) is 0 Å². The minimum Gasteiger partial charge on any atom is -0.299 e. The topological polar surface area (TPSA) is 52.7 Å². The lowest BCUT2D eigenvalue weighted by Gasteiger charge is -2.35. The number of hydrogen-bond donors (Lipinski definition) is 1. The van der Waals surface area contributed by atoms with Gasteiger partial charge >= 0.3 is 0 Å². The molecule has 0 aromatic heterocycles. The van der Waals surface area contributed by atoms with Crippen molar-refractivity contribution in [3.05, 3.63) is 35.4 Å². The Labute approximate surface area is 152 Å². The van der Waals surface area contributed by atoms with Gasteiger partial charge in [0, 0.05) is 38.8 Å². The smallest absolute Gasteiger partial charge is 0.279 e. The highest BCUT2D eigenvalue weighted by molar-refractivity contribution is 7.87. The van der Waals surface area contributed by atoms with Crippen LogP contribution in [0.25, 0.3) is 0 Å². The summed E-state index contributed by atoms with van der Waals surface area (Å²) < 4.78 is 29.8. The molecule has 2 fully saturated rings. The molecule has 0 spiro atoms. The number of hydrogen-bond acceptors (Lipinski definition) is 3. The molecule has 2 aliphatic rings. The molecular formula is C19H31N3O2S. The predicted octanol–water partition coefficient (Wildman–Crippen LogP) is 2.53. The van der Waals surface area contributed by atoms with Crippen molar-refractivity contribution in [3.8, 4) is 0 Å². The van der Waals surface area contributed by atoms with Crippen molar-refractivity contribution in [2.24, 2.45) is 5.92 Å². The minimum absolute atomic E-state index is 0.0657. The van der Waals surface area contributed by atoms with E-state index in [4.69, 9.17) is 0 Å². The third-order valence-corrected chi connectivity index (χ3v) is 6.99. The van der Waals surface area contributed by atoms with Crippen molar-refractivity contribution in [3.63, 3.8) is 0 Å². The second-order valence-corrected chi connectivity index (χ2v) is 9.47. The van der Waals surface area contributed by atoms with Gasteiger partial charge in [-0.3, -0.25) is 4.90 Å². The molecule has 140 valence electrons. The molecule has 1 unspecified atom stereocenters. The molecule has 2 saturated heterocycles. The molecule has 2 heterocycles. The van der Waals surface area contributed by atoms with Gasteiger partial charge in [-0.25, -0.2) is 0 Å². The van der Waals surface area contributed by atoms with Gasteiger partial charge in [0.05, 0.1) is 0 Å². The van der Waals surface area contributed by atoms with E-state index in [0.717, 1.165) is 45.3 Å². The molecule has 3 rings (SSSR count). The molecule has 1 aromatic rings. The Hall–Kier alpha value is -0.950. The van der Waals surface area contributed by atoms with Crippen LogP contribution in [0.1, 0.15) is 43.7 Å². The van der Waals surface area contributed by atoms with Crippen molar-refractivity contribution in [1.29, 1.82) is 0 Å². The lowest BCUT2D eigenvalue weighted by molar-refractivity contribution is 0.197. The van der Waals surface area contributed by atoms with Crippen molar-refractivity contribution >= 4 is 10.2 Å². The fourth-order valence-corrected chi connectivity index (χ4v) is 5.55. The molecular weight excluding hydrogens is 334 g/mol. The molecule has 25 heavy (non-hydrogen) atoms. The van der Waals surface area contributed by atoms with E-state index in [-0.39, 0.29) is 6.04 Å². The molecule has 1 atom stereocenters. The van der Waals surface area contributed by atoms with Crippen LogP contribution in [0.5, 0.6) is 0 Å². The van der Waals surface area contributed by atoms with Crippen molar-refractivity contribution in [1.82, 2.24) is 13.9 Å². The fraction of sp³-hybridized carbons (Fsp3) is 0.684. The highest BCUT2D eigenvalue weighted by Crippen LogP contribution is 2.20. The average Bonchev–Trinajstić information content (AvgIpc) is 2.56. The van der Waals surface area contributed by atoms with E-state index in [1.165, 1.54) is 11.1 Å². The Morgan fingerprint density at radius 3 is 2.60 bits per heavy atom. The standard InChI is InChI=1S/C19H31N3O2S/c1-16-5-3-7-18(13-16)15-21-11-8-19(9-12-21)20-25(23,24)22-10-4-6-17(2)14-22/h3,5,7,13,17,19-20H,4,6,8-12,14-15H2,1-2H3. The molecule has 0 bridgehead atoms.